The Kier molecular flexibility index (Phi) is 3.43. The molecule has 0 spiro atoms. The van der Waals surface area contributed by atoms with E-state index in [1.165, 1.54) is 4.90 Å². The zero-order valence-corrected chi connectivity index (χ0v) is 10.9. The highest BCUT2D eigenvalue weighted by molar-refractivity contribution is 5.93. The Balaban J connectivity index is 2.41. The molecule has 0 saturated heterocycles. The van der Waals surface area contributed by atoms with Crippen LogP contribution >= 0.6 is 0 Å². The van der Waals surface area contributed by atoms with Gasteiger partial charge in [-0.15, -0.1) is 0 Å². The number of methoxy groups -OCH3 is 1. The highest BCUT2D eigenvalue weighted by atomic mass is 16.5. The summed E-state index contributed by atoms with van der Waals surface area (Å²) in [6, 6.07) is 5.33. The van der Waals surface area contributed by atoms with Gasteiger partial charge in [0, 0.05) is 26.2 Å². The predicted octanol–water partition coefficient (Wildman–Crippen LogP) is 1.62. The Morgan fingerprint density at radius 1 is 1.50 bits per heavy atom. The van der Waals surface area contributed by atoms with E-state index >= 15 is 0 Å². The summed E-state index contributed by atoms with van der Waals surface area (Å²) in [4.78, 5) is 15.3. The highest BCUT2D eigenvalue weighted by Crippen LogP contribution is 2.36. The first-order valence-electron chi connectivity index (χ1n) is 5.89. The summed E-state index contributed by atoms with van der Waals surface area (Å²) in [6.07, 6.45) is 0.000965. The fraction of sp³-hybridized carbons (Fsp3) is 0.462. The zero-order chi connectivity index (χ0) is 13.3. The van der Waals surface area contributed by atoms with Crippen molar-refractivity contribution in [1.82, 2.24) is 4.90 Å². The molecule has 1 aromatic rings. The van der Waals surface area contributed by atoms with Gasteiger partial charge < -0.3 is 14.7 Å². The van der Waals surface area contributed by atoms with E-state index in [-0.39, 0.29) is 6.03 Å². The van der Waals surface area contributed by atoms with Gasteiger partial charge in [0.15, 0.2) is 0 Å². The molecule has 0 bridgehead atoms. The number of aliphatic hydroxyl groups is 1. The summed E-state index contributed by atoms with van der Waals surface area (Å²) in [5.41, 5.74) is 1.50. The van der Waals surface area contributed by atoms with Gasteiger partial charge in [0.1, 0.15) is 5.75 Å². The number of nitrogens with zero attached hydrogens (tertiary/aromatic N) is 2. The number of carbonyl (C=O) groups excluding carboxylic acids is 1. The van der Waals surface area contributed by atoms with E-state index in [4.69, 9.17) is 4.74 Å². The van der Waals surface area contributed by atoms with Crippen LogP contribution in [0.2, 0.25) is 0 Å². The Hall–Kier alpha value is -1.75. The topological polar surface area (TPSA) is 53.0 Å². The number of ether oxygens (including phenoxy) is 1. The van der Waals surface area contributed by atoms with Gasteiger partial charge in [-0.05, 0) is 24.6 Å². The van der Waals surface area contributed by atoms with Gasteiger partial charge in [-0.3, -0.25) is 4.90 Å². The number of fused-ring (bicyclic) bond motifs is 1. The molecule has 5 nitrogen and oxygen atoms in total. The monoisotopic (exact) mass is 250 g/mol. The van der Waals surface area contributed by atoms with Crippen LogP contribution in [-0.4, -0.2) is 43.8 Å². The van der Waals surface area contributed by atoms with Crippen molar-refractivity contribution in [3.63, 3.8) is 0 Å². The van der Waals surface area contributed by atoms with Crippen molar-refractivity contribution in [2.45, 2.75) is 12.5 Å². The number of hydrogen-bond donors (Lipinski definition) is 1. The minimum atomic E-state index is -0.540. The van der Waals surface area contributed by atoms with Crippen LogP contribution in [-0.2, 0) is 0 Å². The number of carbonyl (C=O) groups is 1. The lowest BCUT2D eigenvalue weighted by Crippen LogP contribution is -2.42. The van der Waals surface area contributed by atoms with E-state index in [0.717, 1.165) is 11.3 Å². The van der Waals surface area contributed by atoms with Crippen molar-refractivity contribution in [3.8, 4) is 5.75 Å². The molecule has 1 aliphatic heterocycles. The number of rotatable bonds is 1. The molecule has 1 N–H and O–H groups in total. The number of anilines is 1. The number of hydrogen-bond acceptors (Lipinski definition) is 3. The molecule has 1 unspecified atom stereocenters. The van der Waals surface area contributed by atoms with Crippen molar-refractivity contribution in [2.24, 2.45) is 0 Å². The van der Waals surface area contributed by atoms with Crippen LogP contribution in [0.4, 0.5) is 10.5 Å². The molecule has 0 fully saturated rings. The van der Waals surface area contributed by atoms with Crippen LogP contribution in [0.15, 0.2) is 18.2 Å². The van der Waals surface area contributed by atoms with E-state index in [1.807, 2.05) is 6.07 Å². The maximum Gasteiger partial charge on any atom is 0.323 e. The Labute approximate surface area is 107 Å². The lowest BCUT2D eigenvalue weighted by atomic mass is 9.99. The second kappa shape index (κ2) is 4.86. The fourth-order valence-corrected chi connectivity index (χ4v) is 2.14. The van der Waals surface area contributed by atoms with Gasteiger partial charge in [0.2, 0.25) is 0 Å². The fourth-order valence-electron chi connectivity index (χ4n) is 2.14. The summed E-state index contributed by atoms with van der Waals surface area (Å²) in [6.45, 7) is 0.525. The summed E-state index contributed by atoms with van der Waals surface area (Å²) in [5.74, 6) is 0.687. The second-order valence-corrected chi connectivity index (χ2v) is 4.56. The van der Waals surface area contributed by atoms with Crippen molar-refractivity contribution in [1.29, 1.82) is 0 Å². The minimum absolute atomic E-state index is 0.0756. The molecule has 2 rings (SSSR count). The molecule has 5 heteroatoms. The summed E-state index contributed by atoms with van der Waals surface area (Å²) < 4.78 is 5.15. The molecule has 0 radical (unpaired) electrons. The van der Waals surface area contributed by atoms with Crippen LogP contribution < -0.4 is 9.64 Å². The largest absolute Gasteiger partial charge is 0.497 e. The van der Waals surface area contributed by atoms with E-state index < -0.39 is 6.10 Å². The minimum Gasteiger partial charge on any atom is -0.497 e. The van der Waals surface area contributed by atoms with Gasteiger partial charge in [-0.25, -0.2) is 4.79 Å². The van der Waals surface area contributed by atoms with Crippen molar-refractivity contribution >= 4 is 11.7 Å². The summed E-state index contributed by atoms with van der Waals surface area (Å²) >= 11 is 0. The van der Waals surface area contributed by atoms with Crippen molar-refractivity contribution in [2.75, 3.05) is 32.6 Å². The van der Waals surface area contributed by atoms with E-state index in [9.17, 15) is 9.90 Å². The normalized spacial score (nSPS) is 18.2. The van der Waals surface area contributed by atoms with Crippen molar-refractivity contribution < 1.29 is 14.6 Å². The molecule has 98 valence electrons. The number of amides is 2. The predicted molar refractivity (Wildman–Crippen MR) is 69.0 cm³/mol. The van der Waals surface area contributed by atoms with Crippen molar-refractivity contribution in [3.05, 3.63) is 23.8 Å². The average molecular weight is 250 g/mol. The SMILES string of the molecule is COc1ccc2c(c1)C(O)CCN2C(=O)N(C)C. The standard InChI is InChI=1S/C13H18N2O3/c1-14(2)13(17)15-7-6-12(16)10-8-9(18-3)4-5-11(10)15/h4-5,8,12,16H,6-7H2,1-3H3. The lowest BCUT2D eigenvalue weighted by molar-refractivity contribution is 0.162. The second-order valence-electron chi connectivity index (χ2n) is 4.56. The van der Waals surface area contributed by atoms with Gasteiger partial charge in [0.25, 0.3) is 0 Å². The molecule has 18 heavy (non-hydrogen) atoms. The third-order valence-electron chi connectivity index (χ3n) is 3.12. The van der Waals surface area contributed by atoms with E-state index in [1.54, 1.807) is 38.2 Å². The maximum atomic E-state index is 12.1. The molecule has 2 amide bonds. The summed E-state index contributed by atoms with van der Waals surface area (Å²) in [5, 5.41) is 10.0. The summed E-state index contributed by atoms with van der Waals surface area (Å²) in [7, 11) is 5.02. The number of benzene rings is 1. The molecule has 0 saturated carbocycles. The molecule has 0 aromatic heterocycles. The average Bonchev–Trinajstić information content (AvgIpc) is 2.38. The van der Waals surface area contributed by atoms with Crippen LogP contribution in [0.5, 0.6) is 5.75 Å². The van der Waals surface area contributed by atoms with Gasteiger partial charge in [-0.1, -0.05) is 0 Å². The first-order valence-corrected chi connectivity index (χ1v) is 5.89. The van der Waals surface area contributed by atoms with Crippen LogP contribution in [0, 0.1) is 0 Å². The molecular weight excluding hydrogens is 232 g/mol. The molecule has 1 aromatic carbocycles. The maximum absolute atomic E-state index is 12.1. The molecular formula is C13H18N2O3. The van der Waals surface area contributed by atoms with Crippen LogP contribution in [0.25, 0.3) is 0 Å². The van der Waals surface area contributed by atoms with Crippen LogP contribution in [0.3, 0.4) is 0 Å². The number of urea groups is 1. The lowest BCUT2D eigenvalue weighted by Gasteiger charge is -2.34. The van der Waals surface area contributed by atoms with Gasteiger partial charge in [-0.2, -0.15) is 0 Å². The molecule has 0 aliphatic carbocycles. The molecule has 1 atom stereocenters. The Morgan fingerprint density at radius 3 is 2.83 bits per heavy atom. The van der Waals surface area contributed by atoms with E-state index in [2.05, 4.69) is 0 Å². The Morgan fingerprint density at radius 2 is 2.22 bits per heavy atom. The Bertz CT molecular complexity index is 460. The first kappa shape index (κ1) is 12.7. The third kappa shape index (κ3) is 2.13. The third-order valence-corrected chi connectivity index (χ3v) is 3.12. The number of aliphatic hydroxyl groups excluding tert-OH is 1. The van der Waals surface area contributed by atoms with Gasteiger partial charge in [0.05, 0.1) is 18.9 Å². The molecule has 1 aliphatic rings. The molecule has 1 heterocycles. The first-order chi connectivity index (χ1) is 8.54. The van der Waals surface area contributed by atoms with Gasteiger partial charge >= 0.3 is 6.03 Å². The smallest absolute Gasteiger partial charge is 0.323 e. The van der Waals surface area contributed by atoms with E-state index in [0.29, 0.717) is 18.7 Å². The van der Waals surface area contributed by atoms with Crippen LogP contribution in [0.1, 0.15) is 18.1 Å². The zero-order valence-electron chi connectivity index (χ0n) is 10.9. The quantitative estimate of drug-likeness (QED) is 0.824. The highest BCUT2D eigenvalue weighted by Gasteiger charge is 2.28.